The largest absolute Gasteiger partial charge is 0.450 e. The number of fused-ring (bicyclic) bond motifs is 1. The zero-order valence-electron chi connectivity index (χ0n) is 27.1. The normalized spacial score (nSPS) is 29.7. The third kappa shape index (κ3) is 8.45. The number of carbonyl (C=O) groups is 6. The van der Waals surface area contributed by atoms with E-state index in [-0.39, 0.29) is 6.54 Å². The Morgan fingerprint density at radius 3 is 1.72 bits per heavy atom. The van der Waals surface area contributed by atoms with Gasteiger partial charge in [-0.2, -0.15) is 0 Å². The molecule has 0 spiro atoms. The second-order valence-corrected chi connectivity index (χ2v) is 13.0. The van der Waals surface area contributed by atoms with Gasteiger partial charge in [0.15, 0.2) is 12.2 Å². The first-order valence-corrected chi connectivity index (χ1v) is 15.2. The van der Waals surface area contributed by atoms with E-state index >= 15 is 0 Å². The fourth-order valence-corrected chi connectivity index (χ4v) is 5.43. The maximum Gasteiger partial charge on any atom is 0.329 e. The van der Waals surface area contributed by atoms with Crippen LogP contribution in [0.2, 0.25) is 0 Å². The molecular weight excluding hydrogens is 560 g/mol. The van der Waals surface area contributed by atoms with Crippen molar-refractivity contribution in [2.75, 3.05) is 13.6 Å². The van der Waals surface area contributed by atoms with Gasteiger partial charge < -0.3 is 35.0 Å². The predicted molar refractivity (Wildman–Crippen MR) is 156 cm³/mol. The van der Waals surface area contributed by atoms with Gasteiger partial charge in [0.1, 0.15) is 24.2 Å². The molecule has 43 heavy (non-hydrogen) atoms. The van der Waals surface area contributed by atoms with Crippen LogP contribution in [0.1, 0.15) is 75.2 Å². The first kappa shape index (κ1) is 36.0. The van der Waals surface area contributed by atoms with Gasteiger partial charge in [-0.25, -0.2) is 9.59 Å². The van der Waals surface area contributed by atoms with Crippen LogP contribution in [0, 0.1) is 23.7 Å². The number of ether oxygens (including phenoxy) is 2. The molecule has 13 nitrogen and oxygen atoms in total. The summed E-state index contributed by atoms with van der Waals surface area (Å²) in [5.41, 5.74) is 0. The summed E-state index contributed by atoms with van der Waals surface area (Å²) in [6.45, 7) is 15.1. The molecule has 2 fully saturated rings. The van der Waals surface area contributed by atoms with E-state index in [0.29, 0.717) is 12.8 Å². The topological polar surface area (TPSA) is 172 Å². The van der Waals surface area contributed by atoms with Gasteiger partial charge in [0.25, 0.3) is 11.8 Å². The van der Waals surface area contributed by atoms with Crippen LogP contribution in [0.15, 0.2) is 0 Å². The number of amides is 4. The van der Waals surface area contributed by atoms with Crippen LogP contribution in [-0.4, -0.2) is 107 Å². The van der Waals surface area contributed by atoms with E-state index < -0.39 is 102 Å². The Hall–Kier alpha value is -3.22. The van der Waals surface area contributed by atoms with Crippen LogP contribution >= 0.6 is 0 Å². The number of nitrogens with one attached hydrogen (secondary N) is 2. The average Bonchev–Trinajstić information content (AvgIpc) is 3.39. The van der Waals surface area contributed by atoms with E-state index in [0.717, 1.165) is 4.90 Å². The molecule has 2 aliphatic heterocycles. The minimum Gasteiger partial charge on any atom is -0.450 e. The lowest BCUT2D eigenvalue weighted by atomic mass is 9.99. The van der Waals surface area contributed by atoms with Gasteiger partial charge in [-0.3, -0.25) is 19.2 Å². The summed E-state index contributed by atoms with van der Waals surface area (Å²) in [4.78, 5) is 83.7. The van der Waals surface area contributed by atoms with E-state index in [2.05, 4.69) is 10.6 Å². The summed E-state index contributed by atoms with van der Waals surface area (Å²) in [5, 5.41) is 15.7. The highest BCUT2D eigenvalue weighted by molar-refractivity contribution is 5.96. The van der Waals surface area contributed by atoms with Crippen molar-refractivity contribution >= 4 is 35.6 Å². The van der Waals surface area contributed by atoms with E-state index in [1.165, 1.54) is 18.9 Å². The molecule has 2 heterocycles. The lowest BCUT2D eigenvalue weighted by Gasteiger charge is -2.36. The third-order valence-electron chi connectivity index (χ3n) is 7.94. The number of likely N-dealkylation sites (N-methyl/N-ethyl adjacent to an activating group) is 1. The SMILES string of the molecule is CC(C)[C@@H]1OC(=O)[C@@H](C(C)C)N(C)C(=O)[C@H](C(C)C)OC(=O)[C@@H](C(C)C)NC(=O)[C@@H]2CCCN2C(=O)[C@@H](C(C)O)NC1=O. The maximum atomic E-state index is 13.7. The third-order valence-corrected chi connectivity index (χ3v) is 7.94. The molecule has 0 saturated carbocycles. The highest BCUT2D eigenvalue weighted by Crippen LogP contribution is 2.23. The first-order valence-electron chi connectivity index (χ1n) is 15.2. The summed E-state index contributed by atoms with van der Waals surface area (Å²) in [6.07, 6.45) is -3.18. The second-order valence-electron chi connectivity index (χ2n) is 13.0. The summed E-state index contributed by atoms with van der Waals surface area (Å²) in [6, 6.07) is -4.66. The Morgan fingerprint density at radius 1 is 0.698 bits per heavy atom. The van der Waals surface area contributed by atoms with Gasteiger partial charge in [0, 0.05) is 13.6 Å². The fraction of sp³-hybridized carbons (Fsp3) is 0.800. The molecule has 0 bridgehead atoms. The number of rotatable bonds is 5. The number of nitrogens with zero attached hydrogens (tertiary/aromatic N) is 2. The predicted octanol–water partition coefficient (Wildman–Crippen LogP) is 0.616. The Morgan fingerprint density at radius 2 is 1.23 bits per heavy atom. The van der Waals surface area contributed by atoms with Crippen LogP contribution in [0.5, 0.6) is 0 Å². The van der Waals surface area contributed by atoms with E-state index in [1.807, 2.05) is 0 Å². The molecule has 0 aromatic carbocycles. The van der Waals surface area contributed by atoms with Gasteiger partial charge >= 0.3 is 11.9 Å². The second kappa shape index (κ2) is 15.0. The Bertz CT molecular complexity index is 1060. The van der Waals surface area contributed by atoms with Crippen molar-refractivity contribution in [2.45, 2.75) is 118 Å². The number of hydrogen-bond acceptors (Lipinski definition) is 9. The molecule has 3 N–H and O–H groups in total. The number of aliphatic hydroxyl groups is 1. The van der Waals surface area contributed by atoms with Gasteiger partial charge in [-0.15, -0.1) is 0 Å². The molecule has 7 atom stereocenters. The minimum absolute atomic E-state index is 0.196. The molecule has 1 unspecified atom stereocenters. The molecule has 244 valence electrons. The van der Waals surface area contributed by atoms with Crippen LogP contribution in [-0.2, 0) is 38.2 Å². The Balaban J connectivity index is 2.65. The van der Waals surface area contributed by atoms with Gasteiger partial charge in [0.05, 0.1) is 6.10 Å². The molecular formula is C30H50N4O9. The quantitative estimate of drug-likeness (QED) is 0.377. The van der Waals surface area contributed by atoms with Crippen LogP contribution in [0.3, 0.4) is 0 Å². The van der Waals surface area contributed by atoms with Crippen molar-refractivity contribution < 1.29 is 43.3 Å². The minimum atomic E-state index is -1.43. The number of hydrogen-bond donors (Lipinski definition) is 3. The molecule has 2 rings (SSSR count). The maximum absolute atomic E-state index is 13.7. The average molecular weight is 611 g/mol. The zero-order chi connectivity index (χ0) is 32.9. The van der Waals surface area contributed by atoms with E-state index in [1.54, 1.807) is 55.4 Å². The van der Waals surface area contributed by atoms with E-state index in [9.17, 15) is 33.9 Å². The molecule has 0 radical (unpaired) electrons. The Kier molecular flexibility index (Phi) is 12.5. The number of esters is 2. The summed E-state index contributed by atoms with van der Waals surface area (Å²) >= 11 is 0. The monoisotopic (exact) mass is 610 g/mol. The first-order chi connectivity index (χ1) is 19.9. The van der Waals surface area contributed by atoms with Crippen LogP contribution in [0.4, 0.5) is 0 Å². The lowest BCUT2D eigenvalue weighted by molar-refractivity contribution is -0.174. The summed E-state index contributed by atoms with van der Waals surface area (Å²) in [5.74, 6) is -6.25. The van der Waals surface area contributed by atoms with Crippen LogP contribution in [0.25, 0.3) is 0 Å². The molecule has 0 aliphatic carbocycles. The molecule has 4 amide bonds. The van der Waals surface area contributed by atoms with Crippen molar-refractivity contribution in [3.63, 3.8) is 0 Å². The number of aliphatic hydroxyl groups excluding tert-OH is 1. The molecule has 0 aromatic rings. The number of carbonyl (C=O) groups excluding carboxylic acids is 6. The van der Waals surface area contributed by atoms with Crippen molar-refractivity contribution in [3.8, 4) is 0 Å². The molecule has 2 aliphatic rings. The smallest absolute Gasteiger partial charge is 0.329 e. The standard InChI is InChI=1S/C30H50N4O9/c1-14(2)20-29(40)43-24(17(7)8)28(39)33(10)22(15(3)4)30(41)42-23(16(5)6)26(37)32-21(18(9)35)27(38)34-13-11-12-19(34)25(36)31-20/h14-24,35H,11-13H2,1-10H3,(H,31,36)(H,32,37)/t18?,19-,20+,21+,22+,23-,24-/m0/s1. The van der Waals surface area contributed by atoms with Gasteiger partial charge in [-0.1, -0.05) is 55.4 Å². The van der Waals surface area contributed by atoms with Crippen molar-refractivity contribution in [1.29, 1.82) is 0 Å². The lowest BCUT2D eigenvalue weighted by Crippen LogP contribution is -2.60. The fourth-order valence-electron chi connectivity index (χ4n) is 5.43. The number of cyclic esters (lactones) is 2. The molecule has 13 heteroatoms. The Labute approximate surface area is 254 Å². The van der Waals surface area contributed by atoms with Crippen LogP contribution < -0.4 is 10.6 Å². The summed E-state index contributed by atoms with van der Waals surface area (Å²) in [7, 11) is 1.40. The van der Waals surface area contributed by atoms with Gasteiger partial charge in [0.2, 0.25) is 11.8 Å². The highest BCUT2D eigenvalue weighted by atomic mass is 16.6. The van der Waals surface area contributed by atoms with Crippen molar-refractivity contribution in [1.82, 2.24) is 20.4 Å². The molecule has 2 saturated heterocycles. The van der Waals surface area contributed by atoms with Gasteiger partial charge in [-0.05, 0) is 43.4 Å². The van der Waals surface area contributed by atoms with E-state index in [4.69, 9.17) is 9.47 Å². The summed E-state index contributed by atoms with van der Waals surface area (Å²) < 4.78 is 11.4. The van der Waals surface area contributed by atoms with Crippen molar-refractivity contribution in [3.05, 3.63) is 0 Å². The van der Waals surface area contributed by atoms with Crippen molar-refractivity contribution in [2.24, 2.45) is 23.7 Å². The highest BCUT2D eigenvalue weighted by Gasteiger charge is 2.44. The molecule has 0 aromatic heterocycles. The zero-order valence-corrected chi connectivity index (χ0v) is 27.1.